The Bertz CT molecular complexity index is 608. The summed E-state index contributed by atoms with van der Waals surface area (Å²) in [5.74, 6) is 2.23. The van der Waals surface area contributed by atoms with Crippen molar-refractivity contribution in [1.29, 1.82) is 0 Å². The van der Waals surface area contributed by atoms with E-state index in [2.05, 4.69) is 45.4 Å². The lowest BCUT2D eigenvalue weighted by atomic mass is 9.96. The smallest absolute Gasteiger partial charge is 0.220 e. The first-order valence-electron chi connectivity index (χ1n) is 9.44. The van der Waals surface area contributed by atoms with Gasteiger partial charge in [-0.2, -0.15) is 0 Å². The Morgan fingerprint density at radius 2 is 2.12 bits per heavy atom. The largest absolute Gasteiger partial charge is 0.369 e. The van der Waals surface area contributed by atoms with Crippen LogP contribution in [0.5, 0.6) is 0 Å². The van der Waals surface area contributed by atoms with Crippen LogP contribution in [-0.4, -0.2) is 43.5 Å². The summed E-state index contributed by atoms with van der Waals surface area (Å²) in [6.45, 7) is 7.58. The summed E-state index contributed by atoms with van der Waals surface area (Å²) in [6, 6.07) is 4.03. The van der Waals surface area contributed by atoms with Crippen molar-refractivity contribution in [2.24, 2.45) is 22.6 Å². The number of guanidine groups is 1. The molecule has 0 aliphatic carbocycles. The molecule has 1 saturated heterocycles. The van der Waals surface area contributed by atoms with Crippen molar-refractivity contribution in [2.75, 3.05) is 31.6 Å². The standard InChI is InChI=1S/C19H32N6O/c1-14(2)6-10-23-19(21-3)24-13-16-5-4-9-22-18(16)25-11-7-15(8-12-25)17(20)26/h4-5,9,14-15H,6-8,10-13H2,1-3H3,(H2,20,26)(H2,21,23,24). The van der Waals surface area contributed by atoms with Crippen molar-refractivity contribution in [2.45, 2.75) is 39.7 Å². The Morgan fingerprint density at radius 1 is 1.38 bits per heavy atom. The highest BCUT2D eigenvalue weighted by molar-refractivity contribution is 5.79. The van der Waals surface area contributed by atoms with Gasteiger partial charge in [-0.1, -0.05) is 19.9 Å². The number of nitrogens with one attached hydrogen (secondary N) is 2. The van der Waals surface area contributed by atoms with Gasteiger partial charge in [0.05, 0.1) is 0 Å². The predicted octanol–water partition coefficient (Wildman–Crippen LogP) is 1.49. The highest BCUT2D eigenvalue weighted by atomic mass is 16.1. The number of hydrogen-bond acceptors (Lipinski definition) is 4. The number of hydrogen-bond donors (Lipinski definition) is 3. The Labute approximate surface area is 156 Å². The third-order valence-corrected chi connectivity index (χ3v) is 4.75. The van der Waals surface area contributed by atoms with Gasteiger partial charge in [-0.15, -0.1) is 0 Å². The first-order chi connectivity index (χ1) is 12.5. The molecule has 0 saturated carbocycles. The van der Waals surface area contributed by atoms with Crippen LogP contribution >= 0.6 is 0 Å². The van der Waals surface area contributed by atoms with E-state index in [1.165, 1.54) is 0 Å². The monoisotopic (exact) mass is 360 g/mol. The zero-order chi connectivity index (χ0) is 18.9. The number of nitrogens with two attached hydrogens (primary N) is 1. The summed E-state index contributed by atoms with van der Waals surface area (Å²) in [5.41, 5.74) is 6.55. The molecule has 7 nitrogen and oxygen atoms in total. The lowest BCUT2D eigenvalue weighted by molar-refractivity contribution is -0.122. The maximum Gasteiger partial charge on any atom is 0.220 e. The second-order valence-electron chi connectivity index (χ2n) is 7.18. The number of piperidine rings is 1. The third-order valence-electron chi connectivity index (χ3n) is 4.75. The first kappa shape index (κ1) is 20.0. The summed E-state index contributed by atoms with van der Waals surface area (Å²) in [4.78, 5) is 22.5. The summed E-state index contributed by atoms with van der Waals surface area (Å²) in [5, 5.41) is 6.71. The van der Waals surface area contributed by atoms with Gasteiger partial charge in [0.1, 0.15) is 5.82 Å². The van der Waals surface area contributed by atoms with E-state index in [1.54, 1.807) is 7.05 Å². The number of carbonyl (C=O) groups is 1. The lowest BCUT2D eigenvalue weighted by Crippen LogP contribution is -2.40. The zero-order valence-corrected chi connectivity index (χ0v) is 16.2. The van der Waals surface area contributed by atoms with Gasteiger partial charge in [-0.05, 0) is 31.2 Å². The van der Waals surface area contributed by atoms with Crippen molar-refractivity contribution in [3.8, 4) is 0 Å². The third kappa shape index (κ3) is 5.89. The summed E-state index contributed by atoms with van der Waals surface area (Å²) in [6.07, 6.45) is 4.50. The molecule has 1 aliphatic heterocycles. The van der Waals surface area contributed by atoms with Crippen LogP contribution < -0.4 is 21.3 Å². The van der Waals surface area contributed by atoms with E-state index in [4.69, 9.17) is 5.73 Å². The van der Waals surface area contributed by atoms with Gasteiger partial charge in [0.25, 0.3) is 0 Å². The molecule has 2 heterocycles. The molecule has 7 heteroatoms. The van der Waals surface area contributed by atoms with Crippen LogP contribution in [0, 0.1) is 11.8 Å². The van der Waals surface area contributed by atoms with Crippen LogP contribution in [0.4, 0.5) is 5.82 Å². The van der Waals surface area contributed by atoms with E-state index in [1.807, 2.05) is 12.3 Å². The molecule has 26 heavy (non-hydrogen) atoms. The first-order valence-corrected chi connectivity index (χ1v) is 9.44. The number of rotatable bonds is 7. The van der Waals surface area contributed by atoms with Crippen LogP contribution in [0.15, 0.2) is 23.3 Å². The maximum atomic E-state index is 11.4. The Balaban J connectivity index is 1.93. The molecule has 0 aromatic carbocycles. The number of carbonyl (C=O) groups excluding carboxylic acids is 1. The normalized spacial score (nSPS) is 16.0. The zero-order valence-electron chi connectivity index (χ0n) is 16.2. The van der Waals surface area contributed by atoms with Gasteiger partial charge in [0.15, 0.2) is 5.96 Å². The van der Waals surface area contributed by atoms with Gasteiger partial charge in [0.2, 0.25) is 5.91 Å². The highest BCUT2D eigenvalue weighted by Crippen LogP contribution is 2.24. The van der Waals surface area contributed by atoms with E-state index >= 15 is 0 Å². The summed E-state index contributed by atoms with van der Waals surface area (Å²) < 4.78 is 0. The Hall–Kier alpha value is -2.31. The molecule has 1 fully saturated rings. The van der Waals surface area contributed by atoms with E-state index in [0.717, 1.165) is 56.2 Å². The fraction of sp³-hybridized carbons (Fsp3) is 0.632. The molecule has 0 atom stereocenters. The second kappa shape index (κ2) is 9.99. The van der Waals surface area contributed by atoms with Crippen molar-refractivity contribution in [3.63, 3.8) is 0 Å². The molecule has 0 spiro atoms. The fourth-order valence-corrected chi connectivity index (χ4v) is 3.11. The molecular formula is C19H32N6O. The van der Waals surface area contributed by atoms with Crippen molar-refractivity contribution >= 4 is 17.7 Å². The minimum atomic E-state index is -0.191. The lowest BCUT2D eigenvalue weighted by Gasteiger charge is -2.32. The SMILES string of the molecule is CN=C(NCCC(C)C)NCc1cccnc1N1CCC(C(N)=O)CC1. The molecule has 144 valence electrons. The molecule has 1 aromatic heterocycles. The number of pyridine rings is 1. The van der Waals surface area contributed by atoms with Crippen molar-refractivity contribution in [3.05, 3.63) is 23.9 Å². The second-order valence-corrected chi connectivity index (χ2v) is 7.18. The van der Waals surface area contributed by atoms with Gasteiger partial charge < -0.3 is 21.3 Å². The number of aliphatic imine (C=N–C) groups is 1. The average molecular weight is 361 g/mol. The van der Waals surface area contributed by atoms with Gasteiger partial charge >= 0.3 is 0 Å². The van der Waals surface area contributed by atoms with E-state index in [9.17, 15) is 4.79 Å². The van der Waals surface area contributed by atoms with Crippen LogP contribution in [0.2, 0.25) is 0 Å². The number of aromatic nitrogens is 1. The summed E-state index contributed by atoms with van der Waals surface area (Å²) in [7, 11) is 1.78. The molecule has 4 N–H and O–H groups in total. The maximum absolute atomic E-state index is 11.4. The van der Waals surface area contributed by atoms with Crippen molar-refractivity contribution in [1.82, 2.24) is 15.6 Å². The summed E-state index contributed by atoms with van der Waals surface area (Å²) >= 11 is 0. The van der Waals surface area contributed by atoms with Gasteiger partial charge in [-0.25, -0.2) is 4.98 Å². The molecule has 2 rings (SSSR count). The van der Waals surface area contributed by atoms with E-state index < -0.39 is 0 Å². The van der Waals surface area contributed by atoms with E-state index in [-0.39, 0.29) is 11.8 Å². The van der Waals surface area contributed by atoms with Crippen LogP contribution in [-0.2, 0) is 11.3 Å². The molecule has 1 amide bonds. The van der Waals surface area contributed by atoms with Gasteiger partial charge in [-0.3, -0.25) is 9.79 Å². The minimum absolute atomic E-state index is 0.0134. The number of anilines is 1. The number of primary amides is 1. The number of nitrogens with zero attached hydrogens (tertiary/aromatic N) is 3. The minimum Gasteiger partial charge on any atom is -0.369 e. The topological polar surface area (TPSA) is 95.6 Å². The van der Waals surface area contributed by atoms with Crippen molar-refractivity contribution < 1.29 is 4.79 Å². The predicted molar refractivity (Wildman–Crippen MR) is 106 cm³/mol. The quantitative estimate of drug-likeness (QED) is 0.506. The van der Waals surface area contributed by atoms with E-state index in [0.29, 0.717) is 12.5 Å². The number of amides is 1. The van der Waals surface area contributed by atoms with Gasteiger partial charge in [0, 0.05) is 50.9 Å². The molecule has 0 radical (unpaired) electrons. The van der Waals surface area contributed by atoms with Crippen LogP contribution in [0.1, 0.15) is 38.7 Å². The molecular weight excluding hydrogens is 328 g/mol. The Kier molecular flexibility index (Phi) is 7.69. The van der Waals surface area contributed by atoms with Crippen LogP contribution in [0.25, 0.3) is 0 Å². The molecule has 0 unspecified atom stereocenters. The molecule has 0 bridgehead atoms. The highest BCUT2D eigenvalue weighted by Gasteiger charge is 2.24. The Morgan fingerprint density at radius 3 is 2.73 bits per heavy atom. The average Bonchev–Trinajstić information content (AvgIpc) is 2.64. The molecule has 1 aliphatic rings. The molecule has 1 aromatic rings. The van der Waals surface area contributed by atoms with Crippen LogP contribution in [0.3, 0.4) is 0 Å². The fourth-order valence-electron chi connectivity index (χ4n) is 3.11.